The zero-order chi connectivity index (χ0) is 22.5. The molecular weight excluding hydrogens is 411 g/mol. The Balaban J connectivity index is 1.63. The maximum absolute atomic E-state index is 13.3. The van der Waals surface area contributed by atoms with Crippen LogP contribution in [-0.4, -0.2) is 37.9 Å². The molecule has 2 heterocycles. The first kappa shape index (κ1) is 22.1. The molecule has 32 heavy (non-hydrogen) atoms. The Bertz CT molecular complexity index is 1030. The van der Waals surface area contributed by atoms with Gasteiger partial charge in [0.2, 0.25) is 5.75 Å². The molecule has 4 rings (SSSR count). The minimum Gasteiger partial charge on any atom is -0.493 e. The third-order valence-corrected chi connectivity index (χ3v) is 6.02. The van der Waals surface area contributed by atoms with Crippen molar-refractivity contribution in [1.29, 1.82) is 0 Å². The maximum atomic E-state index is 13.3. The lowest BCUT2D eigenvalue weighted by Crippen LogP contribution is -2.28. The molecule has 3 aromatic rings. The van der Waals surface area contributed by atoms with Crippen LogP contribution >= 0.6 is 0 Å². The van der Waals surface area contributed by atoms with Crippen molar-refractivity contribution in [2.24, 2.45) is 0 Å². The van der Waals surface area contributed by atoms with Crippen LogP contribution in [0.2, 0.25) is 0 Å². The molecule has 1 aliphatic heterocycles. The topological polar surface area (TPSA) is 57.0 Å². The van der Waals surface area contributed by atoms with Crippen LogP contribution < -0.4 is 14.2 Å². The Morgan fingerprint density at radius 1 is 0.969 bits per heavy atom. The molecular formula is C25H29FN2O4. The molecule has 1 saturated heterocycles. The number of hydrogen-bond donors (Lipinski definition) is 0. The van der Waals surface area contributed by atoms with E-state index in [0.717, 1.165) is 42.6 Å². The number of benzene rings is 2. The highest BCUT2D eigenvalue weighted by molar-refractivity contribution is 5.57. The lowest BCUT2D eigenvalue weighted by molar-refractivity contribution is 0.181. The Hall–Kier alpha value is -3.06. The van der Waals surface area contributed by atoms with Crippen molar-refractivity contribution in [3.63, 3.8) is 0 Å². The number of hydrogen-bond acceptors (Lipinski definition) is 6. The van der Waals surface area contributed by atoms with E-state index < -0.39 is 0 Å². The fraction of sp³-hybridized carbons (Fsp3) is 0.400. The van der Waals surface area contributed by atoms with Crippen molar-refractivity contribution >= 4 is 0 Å². The Kier molecular flexibility index (Phi) is 6.95. The molecule has 0 unspecified atom stereocenters. The van der Waals surface area contributed by atoms with Crippen molar-refractivity contribution in [2.45, 2.75) is 38.3 Å². The first-order chi connectivity index (χ1) is 15.6. The second kappa shape index (κ2) is 10.0. The van der Waals surface area contributed by atoms with Crippen LogP contribution in [0.4, 0.5) is 4.39 Å². The van der Waals surface area contributed by atoms with Gasteiger partial charge in [-0.05, 0) is 49.7 Å². The van der Waals surface area contributed by atoms with Crippen LogP contribution in [0, 0.1) is 5.82 Å². The number of aromatic nitrogens is 1. The molecule has 1 aromatic heterocycles. The molecule has 1 fully saturated rings. The second-order valence-corrected chi connectivity index (χ2v) is 7.95. The zero-order valence-electron chi connectivity index (χ0n) is 18.8. The molecule has 0 bridgehead atoms. The van der Waals surface area contributed by atoms with Crippen LogP contribution in [0.1, 0.15) is 43.0 Å². The summed E-state index contributed by atoms with van der Waals surface area (Å²) in [5.41, 5.74) is 2.73. The normalized spacial score (nSPS) is 17.1. The summed E-state index contributed by atoms with van der Waals surface area (Å²) in [6.45, 7) is 1.63. The van der Waals surface area contributed by atoms with Gasteiger partial charge < -0.3 is 18.7 Å². The van der Waals surface area contributed by atoms with Gasteiger partial charge in [-0.25, -0.2) is 4.39 Å². The highest BCUT2D eigenvalue weighted by Gasteiger charge is 2.28. The first-order valence-corrected chi connectivity index (χ1v) is 10.9. The number of nitrogens with zero attached hydrogens (tertiary/aromatic N) is 2. The number of likely N-dealkylation sites (tertiary alicyclic amines) is 1. The third kappa shape index (κ3) is 4.58. The number of rotatable bonds is 7. The monoisotopic (exact) mass is 440 g/mol. The van der Waals surface area contributed by atoms with Gasteiger partial charge >= 0.3 is 0 Å². The highest BCUT2D eigenvalue weighted by Crippen LogP contribution is 2.41. The zero-order valence-corrected chi connectivity index (χ0v) is 18.8. The van der Waals surface area contributed by atoms with Gasteiger partial charge in [0, 0.05) is 23.7 Å². The molecule has 0 saturated carbocycles. The fourth-order valence-corrected chi connectivity index (χ4v) is 4.39. The summed E-state index contributed by atoms with van der Waals surface area (Å²) in [4.78, 5) is 2.42. The highest BCUT2D eigenvalue weighted by atomic mass is 19.1. The number of halogens is 1. The molecule has 1 aliphatic rings. The largest absolute Gasteiger partial charge is 0.493 e. The van der Waals surface area contributed by atoms with E-state index in [4.69, 9.17) is 18.7 Å². The Morgan fingerprint density at radius 3 is 2.47 bits per heavy atom. The van der Waals surface area contributed by atoms with Gasteiger partial charge in [0.1, 0.15) is 11.5 Å². The van der Waals surface area contributed by atoms with Crippen LogP contribution in [0.25, 0.3) is 11.3 Å². The van der Waals surface area contributed by atoms with Crippen LogP contribution in [0.5, 0.6) is 17.2 Å². The molecule has 1 atom stereocenters. The second-order valence-electron chi connectivity index (χ2n) is 7.95. The molecule has 0 N–H and O–H groups in total. The number of methoxy groups -OCH3 is 3. The Morgan fingerprint density at radius 2 is 1.75 bits per heavy atom. The third-order valence-electron chi connectivity index (χ3n) is 6.02. The summed E-state index contributed by atoms with van der Waals surface area (Å²) in [5, 5.41) is 4.39. The molecule has 7 heteroatoms. The van der Waals surface area contributed by atoms with E-state index in [1.54, 1.807) is 33.5 Å². The van der Waals surface area contributed by atoms with E-state index in [2.05, 4.69) is 10.1 Å². The summed E-state index contributed by atoms with van der Waals surface area (Å²) in [7, 11) is 4.88. The molecule has 2 aromatic carbocycles. The van der Waals surface area contributed by atoms with E-state index in [1.165, 1.54) is 18.6 Å². The molecule has 0 aliphatic carbocycles. The molecule has 0 radical (unpaired) electrons. The van der Waals surface area contributed by atoms with Gasteiger partial charge in [-0.15, -0.1) is 0 Å². The lowest BCUT2D eigenvalue weighted by atomic mass is 10.0. The van der Waals surface area contributed by atoms with Crippen molar-refractivity contribution in [1.82, 2.24) is 10.1 Å². The maximum Gasteiger partial charge on any atom is 0.203 e. The Labute approximate surface area is 187 Å². The van der Waals surface area contributed by atoms with Crippen LogP contribution in [0.15, 0.2) is 47.0 Å². The van der Waals surface area contributed by atoms with E-state index in [-0.39, 0.29) is 11.9 Å². The van der Waals surface area contributed by atoms with Crippen molar-refractivity contribution < 1.29 is 23.1 Å². The van der Waals surface area contributed by atoms with Crippen molar-refractivity contribution in [3.05, 3.63) is 59.5 Å². The standard InChI is InChI=1S/C25H29FN2O4/c1-29-22-13-10-18(24(30-2)25(22)31-3)16-28-14-6-4-5-7-21(28)20-15-23(32-27-20)17-8-11-19(26)12-9-17/h8-13,15,21H,4-7,14,16H2,1-3H3/t21-/m0/s1. The predicted molar refractivity (Wildman–Crippen MR) is 120 cm³/mol. The average molecular weight is 441 g/mol. The van der Waals surface area contributed by atoms with Gasteiger partial charge in [-0.3, -0.25) is 4.90 Å². The van der Waals surface area contributed by atoms with Crippen molar-refractivity contribution in [2.75, 3.05) is 27.9 Å². The fourth-order valence-electron chi connectivity index (χ4n) is 4.39. The molecule has 0 amide bonds. The van der Waals surface area contributed by atoms with E-state index in [1.807, 2.05) is 18.2 Å². The van der Waals surface area contributed by atoms with Crippen LogP contribution in [0.3, 0.4) is 0 Å². The lowest BCUT2D eigenvalue weighted by Gasteiger charge is -2.29. The van der Waals surface area contributed by atoms with Gasteiger partial charge in [0.25, 0.3) is 0 Å². The van der Waals surface area contributed by atoms with Gasteiger partial charge in [0.05, 0.1) is 27.4 Å². The van der Waals surface area contributed by atoms with E-state index in [0.29, 0.717) is 29.6 Å². The summed E-state index contributed by atoms with van der Waals surface area (Å²) < 4.78 is 35.6. The summed E-state index contributed by atoms with van der Waals surface area (Å²) in [5.74, 6) is 2.29. The summed E-state index contributed by atoms with van der Waals surface area (Å²) >= 11 is 0. The van der Waals surface area contributed by atoms with Gasteiger partial charge in [0.15, 0.2) is 17.3 Å². The molecule has 170 valence electrons. The smallest absolute Gasteiger partial charge is 0.203 e. The van der Waals surface area contributed by atoms with Crippen molar-refractivity contribution in [3.8, 4) is 28.6 Å². The summed E-state index contributed by atoms with van der Waals surface area (Å²) in [6, 6.07) is 12.3. The minimum atomic E-state index is -0.271. The quantitative estimate of drug-likeness (QED) is 0.475. The summed E-state index contributed by atoms with van der Waals surface area (Å²) in [6.07, 6.45) is 4.42. The van der Waals surface area contributed by atoms with E-state index in [9.17, 15) is 4.39 Å². The van der Waals surface area contributed by atoms with E-state index >= 15 is 0 Å². The van der Waals surface area contributed by atoms with Gasteiger partial charge in [-0.2, -0.15) is 0 Å². The number of ether oxygens (including phenoxy) is 3. The molecule has 0 spiro atoms. The minimum absolute atomic E-state index is 0.119. The molecule has 6 nitrogen and oxygen atoms in total. The average Bonchev–Trinajstić information content (AvgIpc) is 3.19. The first-order valence-electron chi connectivity index (χ1n) is 10.9. The van der Waals surface area contributed by atoms with Gasteiger partial charge in [-0.1, -0.05) is 24.1 Å². The predicted octanol–water partition coefficient (Wildman–Crippen LogP) is 5.62. The SMILES string of the molecule is COc1ccc(CN2CCCCC[C@H]2c2cc(-c3ccc(F)cc3)on2)c(OC)c1OC. The van der Waals surface area contributed by atoms with Crippen LogP contribution in [-0.2, 0) is 6.54 Å².